The minimum absolute atomic E-state index is 0.176. The van der Waals surface area contributed by atoms with Gasteiger partial charge in [0.25, 0.3) is 5.56 Å². The van der Waals surface area contributed by atoms with Crippen LogP contribution in [0.1, 0.15) is 61.9 Å². The van der Waals surface area contributed by atoms with Crippen LogP contribution in [0.15, 0.2) is 92.6 Å². The largest absolute Gasteiger partial charge is 0.463 e. The van der Waals surface area contributed by atoms with Gasteiger partial charge in [0.1, 0.15) is 5.75 Å². The number of rotatable bonds is 7. The van der Waals surface area contributed by atoms with Crippen LogP contribution in [-0.4, -0.2) is 23.1 Å². The molecule has 214 valence electrons. The Morgan fingerprint density at radius 1 is 1.07 bits per heavy atom. The summed E-state index contributed by atoms with van der Waals surface area (Å²) in [6.07, 6.45) is 1.68. The van der Waals surface area contributed by atoms with Crippen LogP contribution < -0.4 is 19.6 Å². The van der Waals surface area contributed by atoms with Crippen molar-refractivity contribution < 1.29 is 19.1 Å². The van der Waals surface area contributed by atoms with Crippen LogP contribution in [0.5, 0.6) is 5.75 Å². The van der Waals surface area contributed by atoms with Gasteiger partial charge in [0.15, 0.2) is 4.80 Å². The number of nitrogens with zero attached hydrogens (tertiary/aromatic N) is 2. The molecule has 5 rings (SSSR count). The number of halogens is 1. The third kappa shape index (κ3) is 5.93. The average Bonchev–Trinajstić information content (AvgIpc) is 3.28. The smallest absolute Gasteiger partial charge is 0.338 e. The summed E-state index contributed by atoms with van der Waals surface area (Å²) >= 11 is 4.67. The van der Waals surface area contributed by atoms with Crippen molar-refractivity contribution in [2.24, 2.45) is 4.99 Å². The molecule has 0 amide bonds. The van der Waals surface area contributed by atoms with Crippen molar-refractivity contribution in [1.82, 2.24) is 4.57 Å². The van der Waals surface area contributed by atoms with Crippen LogP contribution in [-0.2, 0) is 14.3 Å². The zero-order valence-electron chi connectivity index (χ0n) is 23.6. The van der Waals surface area contributed by atoms with Gasteiger partial charge in [-0.3, -0.25) is 14.2 Å². The number of thiazole rings is 1. The quantitative estimate of drug-likeness (QED) is 0.189. The summed E-state index contributed by atoms with van der Waals surface area (Å²) in [5, 5.41) is 0. The topological polar surface area (TPSA) is 87.0 Å². The van der Waals surface area contributed by atoms with Crippen molar-refractivity contribution in [1.29, 1.82) is 0 Å². The Hall–Kier alpha value is -4.08. The summed E-state index contributed by atoms with van der Waals surface area (Å²) in [7, 11) is 0. The van der Waals surface area contributed by atoms with Crippen molar-refractivity contribution in [3.8, 4) is 5.75 Å². The first-order chi connectivity index (χ1) is 20.2. The van der Waals surface area contributed by atoms with Gasteiger partial charge in [-0.2, -0.15) is 0 Å². The number of ether oxygens (including phenoxy) is 2. The van der Waals surface area contributed by atoms with Gasteiger partial charge >= 0.3 is 11.9 Å². The minimum atomic E-state index is -0.769. The number of fused-ring (bicyclic) bond motifs is 1. The van der Waals surface area contributed by atoms with E-state index in [9.17, 15) is 14.4 Å². The first-order valence-electron chi connectivity index (χ1n) is 13.5. The van der Waals surface area contributed by atoms with Crippen LogP contribution in [0, 0.1) is 0 Å². The first-order valence-corrected chi connectivity index (χ1v) is 15.1. The molecule has 1 aliphatic rings. The molecule has 0 unspecified atom stereocenters. The minimum Gasteiger partial charge on any atom is -0.463 e. The van der Waals surface area contributed by atoms with Gasteiger partial charge in [-0.25, -0.2) is 9.79 Å². The van der Waals surface area contributed by atoms with Crippen LogP contribution in [0.4, 0.5) is 0 Å². The normalized spacial score (nSPS) is 14.9. The van der Waals surface area contributed by atoms with Crippen LogP contribution in [0.2, 0.25) is 0 Å². The van der Waals surface area contributed by atoms with E-state index in [0.29, 0.717) is 37.8 Å². The molecule has 0 fully saturated rings. The van der Waals surface area contributed by atoms with E-state index in [1.54, 1.807) is 35.8 Å². The zero-order valence-corrected chi connectivity index (χ0v) is 26.0. The number of hydrogen-bond acceptors (Lipinski definition) is 7. The number of benzene rings is 3. The number of aromatic nitrogens is 1. The summed E-state index contributed by atoms with van der Waals surface area (Å²) in [6.45, 7) is 7.48. The summed E-state index contributed by atoms with van der Waals surface area (Å²) in [4.78, 5) is 44.9. The molecule has 0 N–H and O–H groups in total. The molecule has 7 nitrogen and oxygen atoms in total. The Kier molecular flexibility index (Phi) is 8.70. The zero-order chi connectivity index (χ0) is 30.0. The second-order valence-corrected chi connectivity index (χ2v) is 12.0. The summed E-state index contributed by atoms with van der Waals surface area (Å²) in [5.41, 5.74) is 3.64. The van der Waals surface area contributed by atoms with Gasteiger partial charge in [0, 0.05) is 22.5 Å². The molecule has 0 aliphatic carbocycles. The predicted octanol–water partition coefficient (Wildman–Crippen LogP) is 5.75. The molecular formula is C33H29BrN2O5S. The highest BCUT2D eigenvalue weighted by molar-refractivity contribution is 9.10. The lowest BCUT2D eigenvalue weighted by Crippen LogP contribution is -2.40. The van der Waals surface area contributed by atoms with E-state index in [1.165, 1.54) is 18.3 Å². The fourth-order valence-corrected chi connectivity index (χ4v) is 6.21. The molecule has 2 heterocycles. The van der Waals surface area contributed by atoms with Gasteiger partial charge in [-0.15, -0.1) is 0 Å². The Bertz CT molecular complexity index is 1870. The summed E-state index contributed by atoms with van der Waals surface area (Å²) in [6, 6.07) is 21.8. The predicted molar refractivity (Wildman–Crippen MR) is 167 cm³/mol. The number of carbonyl (C=O) groups is 2. The van der Waals surface area contributed by atoms with Gasteiger partial charge in [-0.05, 0) is 48.2 Å². The maximum Gasteiger partial charge on any atom is 0.338 e. The molecular weight excluding hydrogens is 616 g/mol. The number of hydrogen-bond donors (Lipinski definition) is 0. The molecule has 4 aromatic rings. The molecule has 1 aromatic heterocycles. The Labute approximate surface area is 255 Å². The Morgan fingerprint density at radius 3 is 2.43 bits per heavy atom. The second kappa shape index (κ2) is 12.4. The fraction of sp³-hybridized carbons (Fsp3) is 0.212. The molecule has 42 heavy (non-hydrogen) atoms. The van der Waals surface area contributed by atoms with Crippen molar-refractivity contribution in [3.05, 3.63) is 125 Å². The van der Waals surface area contributed by atoms with Gasteiger partial charge in [0.05, 0.1) is 28.5 Å². The van der Waals surface area contributed by atoms with E-state index in [4.69, 9.17) is 14.5 Å². The van der Waals surface area contributed by atoms with Crippen molar-refractivity contribution in [3.63, 3.8) is 0 Å². The molecule has 1 atom stereocenters. The van der Waals surface area contributed by atoms with Gasteiger partial charge in [-0.1, -0.05) is 95.7 Å². The lowest BCUT2D eigenvalue weighted by molar-refractivity contribution is -0.139. The molecule has 0 bridgehead atoms. The van der Waals surface area contributed by atoms with E-state index in [1.807, 2.05) is 54.6 Å². The third-order valence-corrected chi connectivity index (χ3v) is 8.28. The van der Waals surface area contributed by atoms with Crippen LogP contribution >= 0.6 is 27.3 Å². The maximum atomic E-state index is 14.2. The lowest BCUT2D eigenvalue weighted by Gasteiger charge is -2.26. The highest BCUT2D eigenvalue weighted by Crippen LogP contribution is 2.35. The summed E-state index contributed by atoms with van der Waals surface area (Å²) in [5.74, 6) is -0.353. The maximum absolute atomic E-state index is 14.2. The van der Waals surface area contributed by atoms with Gasteiger partial charge in [0.2, 0.25) is 0 Å². The van der Waals surface area contributed by atoms with Crippen molar-refractivity contribution >= 4 is 51.0 Å². The first kappa shape index (κ1) is 29.4. The third-order valence-electron chi connectivity index (χ3n) is 6.80. The van der Waals surface area contributed by atoms with E-state index < -0.39 is 18.0 Å². The van der Waals surface area contributed by atoms with Crippen molar-refractivity contribution in [2.75, 3.05) is 6.61 Å². The molecule has 1 aliphatic heterocycles. The Morgan fingerprint density at radius 2 is 1.79 bits per heavy atom. The Balaban J connectivity index is 1.81. The molecule has 0 saturated heterocycles. The molecule has 9 heteroatoms. The fourth-order valence-electron chi connectivity index (χ4n) is 4.84. The highest BCUT2D eigenvalue weighted by Gasteiger charge is 2.35. The monoisotopic (exact) mass is 644 g/mol. The number of carbonyl (C=O) groups excluding carboxylic acids is 2. The molecule has 0 radical (unpaired) electrons. The average molecular weight is 646 g/mol. The van der Waals surface area contributed by atoms with E-state index in [2.05, 4.69) is 29.8 Å². The summed E-state index contributed by atoms with van der Waals surface area (Å²) < 4.78 is 13.6. The standard InChI is InChI=1S/C33H29BrN2O5S/c1-5-40-32(39)28-29(22-9-7-6-8-10-22)35-33-36(30(28)23-13-11-21(12-14-23)19(2)3)31(38)27(42-33)18-24-17-25(34)15-16-26(24)41-20(4)37/h6-19,30H,5H2,1-4H3/b27-18-/t30-/m0/s1. The van der Waals surface area contributed by atoms with Crippen LogP contribution in [0.3, 0.4) is 0 Å². The van der Waals surface area contributed by atoms with Crippen molar-refractivity contribution in [2.45, 2.75) is 39.7 Å². The molecule has 0 saturated carbocycles. The van der Waals surface area contributed by atoms with Gasteiger partial charge < -0.3 is 9.47 Å². The SMILES string of the molecule is CCOC(=O)C1=C(c2ccccc2)N=c2s/c(=C\c3cc(Br)ccc3OC(C)=O)c(=O)n2[C@H]1c1ccc(C(C)C)cc1. The van der Waals surface area contributed by atoms with Crippen LogP contribution in [0.25, 0.3) is 11.8 Å². The number of esters is 2. The highest BCUT2D eigenvalue weighted by atomic mass is 79.9. The van der Waals surface area contributed by atoms with E-state index >= 15 is 0 Å². The molecule has 3 aromatic carbocycles. The van der Waals surface area contributed by atoms with E-state index in [0.717, 1.165) is 21.2 Å². The second-order valence-electron chi connectivity index (χ2n) is 10.0. The van der Waals surface area contributed by atoms with E-state index in [-0.39, 0.29) is 12.2 Å². The molecule has 0 spiro atoms. The lowest BCUT2D eigenvalue weighted by atomic mass is 9.91.